The molecule has 1 saturated heterocycles. The van der Waals surface area contributed by atoms with E-state index in [-0.39, 0.29) is 11.9 Å². The summed E-state index contributed by atoms with van der Waals surface area (Å²) >= 11 is 0. The molecule has 1 saturated carbocycles. The fourth-order valence-corrected chi connectivity index (χ4v) is 5.24. The molecule has 2 atom stereocenters. The van der Waals surface area contributed by atoms with Crippen LogP contribution in [0.4, 0.5) is 0 Å². The van der Waals surface area contributed by atoms with Gasteiger partial charge in [0.05, 0.1) is 12.0 Å². The highest BCUT2D eigenvalue weighted by atomic mass is 16.7. The molecule has 0 bridgehead atoms. The van der Waals surface area contributed by atoms with Crippen molar-refractivity contribution in [1.82, 2.24) is 4.98 Å². The van der Waals surface area contributed by atoms with E-state index in [0.29, 0.717) is 24.7 Å². The van der Waals surface area contributed by atoms with Crippen LogP contribution < -0.4 is 0 Å². The smallest absolute Gasteiger partial charge is 0.311 e. The highest BCUT2D eigenvalue weighted by Gasteiger charge is 2.49. The lowest BCUT2D eigenvalue weighted by Gasteiger charge is -2.47. The van der Waals surface area contributed by atoms with E-state index in [0.717, 1.165) is 12.1 Å². The van der Waals surface area contributed by atoms with Crippen molar-refractivity contribution < 1.29 is 14.3 Å². The van der Waals surface area contributed by atoms with Crippen LogP contribution in [0.25, 0.3) is 0 Å². The second-order valence-electron chi connectivity index (χ2n) is 9.94. The quantitative estimate of drug-likeness (QED) is 0.587. The Balaban J connectivity index is 1.93. The molecule has 0 amide bonds. The molecule has 0 aromatic carbocycles. The topological polar surface area (TPSA) is 48.4 Å². The molecule has 2 fully saturated rings. The van der Waals surface area contributed by atoms with Crippen LogP contribution >= 0.6 is 0 Å². The van der Waals surface area contributed by atoms with Crippen molar-refractivity contribution in [2.75, 3.05) is 0 Å². The summed E-state index contributed by atoms with van der Waals surface area (Å²) in [4.78, 5) is 17.2. The molecule has 1 aliphatic heterocycles. The fraction of sp³-hybridized carbons (Fsp3) is 0.750. The van der Waals surface area contributed by atoms with Gasteiger partial charge in [0.1, 0.15) is 0 Å². The summed E-state index contributed by atoms with van der Waals surface area (Å²) in [7, 11) is 0. The molecule has 1 aromatic heterocycles. The molecule has 2 heterocycles. The fourth-order valence-electron chi connectivity index (χ4n) is 5.24. The van der Waals surface area contributed by atoms with E-state index in [1.165, 1.54) is 36.8 Å². The number of aromatic nitrogens is 1. The van der Waals surface area contributed by atoms with Crippen molar-refractivity contribution in [3.8, 4) is 0 Å². The van der Waals surface area contributed by atoms with Gasteiger partial charge in [0.15, 0.2) is 0 Å². The van der Waals surface area contributed by atoms with Gasteiger partial charge >= 0.3 is 5.97 Å². The maximum atomic E-state index is 12.5. The van der Waals surface area contributed by atoms with Crippen molar-refractivity contribution >= 4 is 5.97 Å². The summed E-state index contributed by atoms with van der Waals surface area (Å²) in [6.45, 7) is 12.5. The molecule has 0 N–H and O–H groups in total. The number of hydrogen-bond donors (Lipinski definition) is 0. The van der Waals surface area contributed by atoms with Crippen LogP contribution in [-0.4, -0.2) is 22.3 Å². The largest absolute Gasteiger partial charge is 0.434 e. The van der Waals surface area contributed by atoms with Crippen molar-refractivity contribution in [3.63, 3.8) is 0 Å². The lowest BCUT2D eigenvalue weighted by molar-refractivity contribution is -0.301. The van der Waals surface area contributed by atoms with Gasteiger partial charge in [-0.05, 0) is 61.1 Å². The summed E-state index contributed by atoms with van der Waals surface area (Å²) in [5.41, 5.74) is 3.18. The van der Waals surface area contributed by atoms with Gasteiger partial charge in [-0.15, -0.1) is 0 Å². The van der Waals surface area contributed by atoms with Crippen LogP contribution in [0.15, 0.2) is 12.3 Å². The van der Waals surface area contributed by atoms with Crippen LogP contribution in [0, 0.1) is 18.8 Å². The van der Waals surface area contributed by atoms with Crippen LogP contribution in [-0.2, 0) is 20.7 Å². The van der Waals surface area contributed by atoms with E-state index in [9.17, 15) is 4.79 Å². The zero-order valence-corrected chi connectivity index (χ0v) is 18.5. The number of carbonyl (C=O) groups excluding carboxylic acids is 1. The Morgan fingerprint density at radius 3 is 2.50 bits per heavy atom. The van der Waals surface area contributed by atoms with E-state index >= 15 is 0 Å². The first kappa shape index (κ1) is 21.3. The molecule has 156 valence electrons. The third-order valence-corrected chi connectivity index (χ3v) is 6.45. The van der Waals surface area contributed by atoms with Crippen LogP contribution in [0.1, 0.15) is 95.9 Å². The normalized spacial score (nSPS) is 26.5. The van der Waals surface area contributed by atoms with Crippen molar-refractivity contribution in [2.24, 2.45) is 11.8 Å². The lowest BCUT2D eigenvalue weighted by Crippen LogP contribution is -2.55. The highest BCUT2D eigenvalue weighted by molar-refractivity contribution is 5.72. The van der Waals surface area contributed by atoms with Gasteiger partial charge < -0.3 is 9.47 Å². The lowest BCUT2D eigenvalue weighted by atomic mass is 9.76. The summed E-state index contributed by atoms with van der Waals surface area (Å²) in [5.74, 6) is 0.350. The second kappa shape index (κ2) is 8.14. The Morgan fingerprint density at radius 2 is 1.89 bits per heavy atom. The van der Waals surface area contributed by atoms with Gasteiger partial charge in [0, 0.05) is 32.2 Å². The van der Waals surface area contributed by atoms with Crippen LogP contribution in [0.3, 0.4) is 0 Å². The van der Waals surface area contributed by atoms with Gasteiger partial charge in [-0.2, -0.15) is 0 Å². The number of cyclic esters (lactones) is 1. The molecular formula is C24H37NO3. The first-order chi connectivity index (χ1) is 13.1. The highest BCUT2D eigenvalue weighted by Crippen LogP contribution is 2.42. The number of pyridine rings is 1. The maximum Gasteiger partial charge on any atom is 0.311 e. The molecule has 28 heavy (non-hydrogen) atoms. The summed E-state index contributed by atoms with van der Waals surface area (Å²) in [5, 5.41) is 0. The number of carbonyl (C=O) groups is 1. The van der Waals surface area contributed by atoms with Crippen molar-refractivity contribution in [1.29, 1.82) is 0 Å². The minimum absolute atomic E-state index is 0.171. The van der Waals surface area contributed by atoms with Gasteiger partial charge in [-0.3, -0.25) is 9.78 Å². The maximum absolute atomic E-state index is 12.5. The standard InChI is InChI=1S/C24H37NO3/c1-16(2)11-18(4)24(14-22(26)27-23(5,6)28-24)13-20-12-21(17(3)15-25-20)19-9-7-8-10-19/h12,15-16,18-19H,7-11,13-14H2,1-6H3. The van der Waals surface area contributed by atoms with E-state index < -0.39 is 11.4 Å². The molecule has 0 spiro atoms. The van der Waals surface area contributed by atoms with E-state index in [2.05, 4.69) is 33.8 Å². The Kier molecular flexibility index (Phi) is 6.19. The number of hydrogen-bond acceptors (Lipinski definition) is 4. The van der Waals surface area contributed by atoms with E-state index in [1.807, 2.05) is 20.0 Å². The van der Waals surface area contributed by atoms with Crippen LogP contribution in [0.2, 0.25) is 0 Å². The van der Waals surface area contributed by atoms with Crippen LogP contribution in [0.5, 0.6) is 0 Å². The van der Waals surface area contributed by atoms with Gasteiger partial charge in [-0.25, -0.2) is 0 Å². The number of ether oxygens (including phenoxy) is 2. The molecule has 4 nitrogen and oxygen atoms in total. The van der Waals surface area contributed by atoms with Gasteiger partial charge in [0.2, 0.25) is 5.79 Å². The summed E-state index contributed by atoms with van der Waals surface area (Å²) < 4.78 is 12.0. The van der Waals surface area contributed by atoms with E-state index in [4.69, 9.17) is 14.5 Å². The molecule has 1 aromatic rings. The predicted molar refractivity (Wildman–Crippen MR) is 111 cm³/mol. The third-order valence-electron chi connectivity index (χ3n) is 6.45. The zero-order valence-electron chi connectivity index (χ0n) is 18.5. The van der Waals surface area contributed by atoms with Crippen molar-refractivity contribution in [2.45, 2.75) is 104 Å². The molecular weight excluding hydrogens is 350 g/mol. The molecule has 1 aliphatic carbocycles. The second-order valence-corrected chi connectivity index (χ2v) is 9.94. The zero-order chi connectivity index (χ0) is 20.5. The Labute approximate surface area is 170 Å². The Bertz CT molecular complexity index is 706. The molecule has 3 rings (SSSR count). The number of nitrogens with zero attached hydrogens (tertiary/aromatic N) is 1. The minimum atomic E-state index is -0.903. The number of rotatable bonds is 6. The van der Waals surface area contributed by atoms with Gasteiger partial charge in [0.25, 0.3) is 0 Å². The number of aryl methyl sites for hydroxylation is 1. The molecule has 4 heteroatoms. The molecule has 2 aliphatic rings. The van der Waals surface area contributed by atoms with Crippen molar-refractivity contribution in [3.05, 3.63) is 29.1 Å². The predicted octanol–water partition coefficient (Wildman–Crippen LogP) is 5.71. The average Bonchev–Trinajstić information content (AvgIpc) is 3.08. The first-order valence-electron chi connectivity index (χ1n) is 11.0. The monoisotopic (exact) mass is 387 g/mol. The minimum Gasteiger partial charge on any atom is -0.434 e. The number of esters is 1. The molecule has 0 radical (unpaired) electrons. The Hall–Kier alpha value is -1.42. The SMILES string of the molecule is Cc1cnc(CC2(C(C)CC(C)C)CC(=O)OC(C)(C)O2)cc1C1CCCC1. The summed E-state index contributed by atoms with van der Waals surface area (Å²) in [6, 6.07) is 2.28. The summed E-state index contributed by atoms with van der Waals surface area (Å²) in [6.07, 6.45) is 9.14. The first-order valence-corrected chi connectivity index (χ1v) is 11.0. The average molecular weight is 388 g/mol. The Morgan fingerprint density at radius 1 is 1.21 bits per heavy atom. The molecule has 2 unspecified atom stereocenters. The van der Waals surface area contributed by atoms with E-state index in [1.54, 1.807) is 0 Å². The third kappa shape index (κ3) is 4.76. The van der Waals surface area contributed by atoms with Gasteiger partial charge in [-0.1, -0.05) is 33.6 Å².